The van der Waals surface area contributed by atoms with Crippen molar-refractivity contribution in [3.8, 4) is 0 Å². The standard InChI is InChI=1S/C16H26N4O/c21-16(13-7-3-1-4-8-13)17-11-10-15-19-18-14-9-5-2-6-12-20(14)15/h13H,1-12H2,(H,17,21). The van der Waals surface area contributed by atoms with Gasteiger partial charge < -0.3 is 9.88 Å². The fraction of sp³-hybridized carbons (Fsp3) is 0.812. The second kappa shape index (κ2) is 7.05. The molecule has 1 aromatic heterocycles. The van der Waals surface area contributed by atoms with E-state index in [0.717, 1.165) is 43.9 Å². The average molecular weight is 290 g/mol. The molecule has 5 nitrogen and oxygen atoms in total. The highest BCUT2D eigenvalue weighted by Gasteiger charge is 2.21. The Bertz CT molecular complexity index is 477. The number of hydrogen-bond donors (Lipinski definition) is 1. The van der Waals surface area contributed by atoms with E-state index in [2.05, 4.69) is 20.1 Å². The number of aryl methyl sites for hydroxylation is 1. The second-order valence-corrected chi connectivity index (χ2v) is 6.37. The van der Waals surface area contributed by atoms with Crippen LogP contribution in [0.25, 0.3) is 0 Å². The molecule has 1 aromatic rings. The van der Waals surface area contributed by atoms with E-state index in [1.807, 2.05) is 0 Å². The van der Waals surface area contributed by atoms with E-state index in [-0.39, 0.29) is 11.8 Å². The fourth-order valence-corrected chi connectivity index (χ4v) is 3.54. The molecule has 2 aliphatic rings. The van der Waals surface area contributed by atoms with E-state index in [0.29, 0.717) is 6.54 Å². The van der Waals surface area contributed by atoms with Crippen molar-refractivity contribution < 1.29 is 4.79 Å². The van der Waals surface area contributed by atoms with Gasteiger partial charge in [0.1, 0.15) is 11.6 Å². The molecule has 0 saturated heterocycles. The topological polar surface area (TPSA) is 59.8 Å². The summed E-state index contributed by atoms with van der Waals surface area (Å²) in [5.41, 5.74) is 0. The first-order valence-corrected chi connectivity index (χ1v) is 8.53. The monoisotopic (exact) mass is 290 g/mol. The minimum atomic E-state index is 0.241. The third-order valence-corrected chi connectivity index (χ3v) is 4.81. The van der Waals surface area contributed by atoms with Crippen molar-refractivity contribution in [1.29, 1.82) is 0 Å². The lowest BCUT2D eigenvalue weighted by Crippen LogP contribution is -2.33. The van der Waals surface area contributed by atoms with E-state index in [4.69, 9.17) is 0 Å². The predicted octanol–water partition coefficient (Wildman–Crippen LogP) is 2.24. The summed E-state index contributed by atoms with van der Waals surface area (Å²) in [6.45, 7) is 1.72. The molecule has 5 heteroatoms. The van der Waals surface area contributed by atoms with Crippen LogP contribution >= 0.6 is 0 Å². The zero-order valence-corrected chi connectivity index (χ0v) is 12.8. The van der Waals surface area contributed by atoms with E-state index in [1.54, 1.807) is 0 Å². The summed E-state index contributed by atoms with van der Waals surface area (Å²) in [6, 6.07) is 0. The maximum atomic E-state index is 12.1. The van der Waals surface area contributed by atoms with Crippen LogP contribution in [0.5, 0.6) is 0 Å². The Morgan fingerprint density at radius 1 is 1.10 bits per heavy atom. The molecule has 0 bridgehead atoms. The summed E-state index contributed by atoms with van der Waals surface area (Å²) >= 11 is 0. The van der Waals surface area contributed by atoms with Crippen molar-refractivity contribution in [3.63, 3.8) is 0 Å². The number of fused-ring (bicyclic) bond motifs is 1. The Kier molecular flexibility index (Phi) is 4.88. The number of nitrogens with one attached hydrogen (secondary N) is 1. The van der Waals surface area contributed by atoms with Crippen LogP contribution in [0.3, 0.4) is 0 Å². The first-order chi connectivity index (χ1) is 10.3. The molecule has 21 heavy (non-hydrogen) atoms. The average Bonchev–Trinajstić information content (AvgIpc) is 2.76. The highest BCUT2D eigenvalue weighted by Crippen LogP contribution is 2.23. The summed E-state index contributed by atoms with van der Waals surface area (Å²) in [5.74, 6) is 2.65. The van der Waals surface area contributed by atoms with Crippen LogP contribution in [-0.2, 0) is 24.2 Å². The zero-order valence-electron chi connectivity index (χ0n) is 12.8. The molecule has 1 fully saturated rings. The summed E-state index contributed by atoms with van der Waals surface area (Å²) in [6.07, 6.45) is 11.4. The molecule has 1 amide bonds. The molecule has 1 aliphatic heterocycles. The molecule has 0 radical (unpaired) electrons. The lowest BCUT2D eigenvalue weighted by atomic mass is 9.89. The molecular weight excluding hydrogens is 264 g/mol. The Labute approximate surface area is 126 Å². The first kappa shape index (κ1) is 14.5. The van der Waals surface area contributed by atoms with Gasteiger partial charge in [-0.2, -0.15) is 0 Å². The summed E-state index contributed by atoms with van der Waals surface area (Å²) in [7, 11) is 0. The van der Waals surface area contributed by atoms with Gasteiger partial charge in [-0.25, -0.2) is 0 Å². The number of aromatic nitrogens is 3. The van der Waals surface area contributed by atoms with Gasteiger partial charge in [-0.05, 0) is 25.7 Å². The van der Waals surface area contributed by atoms with Crippen molar-refractivity contribution in [2.45, 2.75) is 70.8 Å². The number of nitrogens with zero attached hydrogens (tertiary/aromatic N) is 3. The van der Waals surface area contributed by atoms with Crippen LogP contribution in [0.1, 0.15) is 63.0 Å². The number of hydrogen-bond acceptors (Lipinski definition) is 3. The number of carbonyl (C=O) groups excluding carboxylic acids is 1. The maximum absolute atomic E-state index is 12.1. The number of carbonyl (C=O) groups is 1. The summed E-state index contributed by atoms with van der Waals surface area (Å²) in [5, 5.41) is 11.7. The molecule has 0 spiro atoms. The van der Waals surface area contributed by atoms with Crippen LogP contribution in [0, 0.1) is 5.92 Å². The molecule has 0 aromatic carbocycles. The van der Waals surface area contributed by atoms with Gasteiger partial charge >= 0.3 is 0 Å². The van der Waals surface area contributed by atoms with E-state index in [1.165, 1.54) is 38.5 Å². The maximum Gasteiger partial charge on any atom is 0.223 e. The van der Waals surface area contributed by atoms with Crippen LogP contribution in [0.2, 0.25) is 0 Å². The molecule has 1 saturated carbocycles. The van der Waals surface area contributed by atoms with Crippen molar-refractivity contribution in [2.24, 2.45) is 5.92 Å². The summed E-state index contributed by atoms with van der Waals surface area (Å²) in [4.78, 5) is 12.1. The second-order valence-electron chi connectivity index (χ2n) is 6.37. The third kappa shape index (κ3) is 3.63. The molecule has 2 heterocycles. The Morgan fingerprint density at radius 2 is 1.90 bits per heavy atom. The molecular formula is C16H26N4O. The van der Waals surface area contributed by atoms with Crippen LogP contribution < -0.4 is 5.32 Å². The SMILES string of the molecule is O=C(NCCc1nnc2n1CCCCC2)C1CCCCC1. The molecule has 3 rings (SSSR count). The van der Waals surface area contributed by atoms with Gasteiger partial charge in [-0.15, -0.1) is 10.2 Å². The lowest BCUT2D eigenvalue weighted by Gasteiger charge is -2.20. The normalized spacial score (nSPS) is 19.8. The molecule has 1 N–H and O–H groups in total. The van der Waals surface area contributed by atoms with Crippen LogP contribution in [0.4, 0.5) is 0 Å². The molecule has 0 unspecified atom stereocenters. The summed E-state index contributed by atoms with van der Waals surface area (Å²) < 4.78 is 2.26. The highest BCUT2D eigenvalue weighted by atomic mass is 16.1. The van der Waals surface area contributed by atoms with Gasteiger partial charge in [0.05, 0.1) is 0 Å². The highest BCUT2D eigenvalue weighted by molar-refractivity contribution is 5.78. The Hall–Kier alpha value is -1.39. The Morgan fingerprint density at radius 3 is 2.76 bits per heavy atom. The smallest absolute Gasteiger partial charge is 0.223 e. The Balaban J connectivity index is 1.49. The van der Waals surface area contributed by atoms with Crippen molar-refractivity contribution in [3.05, 3.63) is 11.6 Å². The van der Waals surface area contributed by atoms with Gasteiger partial charge in [0.25, 0.3) is 0 Å². The predicted molar refractivity (Wildman–Crippen MR) is 80.9 cm³/mol. The lowest BCUT2D eigenvalue weighted by molar-refractivity contribution is -0.125. The largest absolute Gasteiger partial charge is 0.355 e. The zero-order chi connectivity index (χ0) is 14.5. The van der Waals surface area contributed by atoms with Gasteiger partial charge in [0.2, 0.25) is 5.91 Å². The van der Waals surface area contributed by atoms with Crippen LogP contribution in [0.15, 0.2) is 0 Å². The van der Waals surface area contributed by atoms with Crippen LogP contribution in [-0.4, -0.2) is 27.2 Å². The van der Waals surface area contributed by atoms with Crippen molar-refractivity contribution >= 4 is 5.91 Å². The molecule has 116 valence electrons. The van der Waals surface area contributed by atoms with Gasteiger partial charge in [0, 0.05) is 31.8 Å². The minimum Gasteiger partial charge on any atom is -0.355 e. The van der Waals surface area contributed by atoms with Gasteiger partial charge in [0.15, 0.2) is 0 Å². The molecule has 1 aliphatic carbocycles. The van der Waals surface area contributed by atoms with Crippen molar-refractivity contribution in [2.75, 3.05) is 6.54 Å². The third-order valence-electron chi connectivity index (χ3n) is 4.81. The molecule has 0 atom stereocenters. The first-order valence-electron chi connectivity index (χ1n) is 8.53. The van der Waals surface area contributed by atoms with E-state index >= 15 is 0 Å². The fourth-order valence-electron chi connectivity index (χ4n) is 3.54. The van der Waals surface area contributed by atoms with Gasteiger partial charge in [-0.3, -0.25) is 4.79 Å². The van der Waals surface area contributed by atoms with E-state index in [9.17, 15) is 4.79 Å². The number of rotatable bonds is 4. The number of amides is 1. The van der Waals surface area contributed by atoms with E-state index < -0.39 is 0 Å². The van der Waals surface area contributed by atoms with Gasteiger partial charge in [-0.1, -0.05) is 25.7 Å². The van der Waals surface area contributed by atoms with Crippen molar-refractivity contribution in [1.82, 2.24) is 20.1 Å². The quantitative estimate of drug-likeness (QED) is 0.925. The minimum absolute atomic E-state index is 0.241.